The number of carbonyl (C=O) groups is 2. The Morgan fingerprint density at radius 2 is 2.17 bits per heavy atom. The van der Waals surface area contributed by atoms with Gasteiger partial charge in [0.2, 0.25) is 5.91 Å². The smallest absolute Gasteiger partial charge is 0.409 e. The minimum atomic E-state index is -0.171. The molecule has 132 valence electrons. The molecule has 2 atom stereocenters. The van der Waals surface area contributed by atoms with Gasteiger partial charge in [-0.1, -0.05) is 6.08 Å². The summed E-state index contributed by atoms with van der Waals surface area (Å²) >= 11 is 0. The number of amides is 2. The summed E-state index contributed by atoms with van der Waals surface area (Å²) in [7, 11) is 0. The van der Waals surface area contributed by atoms with Gasteiger partial charge in [-0.3, -0.25) is 4.79 Å². The summed E-state index contributed by atoms with van der Waals surface area (Å²) in [6, 6.07) is 0. The molecule has 2 amide bonds. The first-order valence-corrected chi connectivity index (χ1v) is 9.24. The van der Waals surface area contributed by atoms with Crippen LogP contribution in [0.2, 0.25) is 0 Å². The number of hydrogen-bond donors (Lipinski definition) is 1. The van der Waals surface area contributed by atoms with E-state index in [1.54, 1.807) is 0 Å². The molecule has 3 saturated heterocycles. The van der Waals surface area contributed by atoms with Gasteiger partial charge in [-0.25, -0.2) is 4.79 Å². The number of likely N-dealkylation sites (tertiary alicyclic amines) is 2. The van der Waals surface area contributed by atoms with E-state index >= 15 is 0 Å². The highest BCUT2D eigenvalue weighted by molar-refractivity contribution is 5.79. The number of fused-ring (bicyclic) bond motifs is 2. The molecule has 6 nitrogen and oxygen atoms in total. The molecule has 6 heteroatoms. The third-order valence-electron chi connectivity index (χ3n) is 6.22. The number of piperidine rings is 2. The van der Waals surface area contributed by atoms with Gasteiger partial charge in [-0.15, -0.1) is 0 Å². The van der Waals surface area contributed by atoms with Crippen LogP contribution in [-0.4, -0.2) is 61.1 Å². The van der Waals surface area contributed by atoms with Crippen LogP contribution in [0.4, 0.5) is 4.79 Å². The molecule has 2 bridgehead atoms. The van der Waals surface area contributed by atoms with Crippen molar-refractivity contribution in [3.05, 3.63) is 11.8 Å². The van der Waals surface area contributed by atoms with E-state index in [0.29, 0.717) is 24.9 Å². The molecule has 4 aliphatic rings. The maximum Gasteiger partial charge on any atom is 0.409 e. The fourth-order valence-corrected chi connectivity index (χ4v) is 4.92. The maximum atomic E-state index is 12.0. The molecule has 0 radical (unpaired) electrons. The van der Waals surface area contributed by atoms with E-state index < -0.39 is 0 Å². The van der Waals surface area contributed by atoms with Gasteiger partial charge in [0, 0.05) is 50.8 Å². The summed E-state index contributed by atoms with van der Waals surface area (Å²) in [6.45, 7) is 6.77. The van der Waals surface area contributed by atoms with Crippen LogP contribution in [0.1, 0.15) is 32.6 Å². The topological polar surface area (TPSA) is 61.9 Å². The van der Waals surface area contributed by atoms with Crippen molar-refractivity contribution < 1.29 is 14.3 Å². The van der Waals surface area contributed by atoms with Crippen molar-refractivity contribution in [3.63, 3.8) is 0 Å². The Kier molecular flexibility index (Phi) is 3.93. The quantitative estimate of drug-likeness (QED) is 0.833. The molecule has 0 aromatic rings. The van der Waals surface area contributed by atoms with Gasteiger partial charge in [0.25, 0.3) is 0 Å². The predicted octanol–water partition coefficient (Wildman–Crippen LogP) is 1.58. The molecule has 4 rings (SSSR count). The zero-order valence-electron chi connectivity index (χ0n) is 14.4. The molecule has 3 aliphatic heterocycles. The van der Waals surface area contributed by atoms with E-state index in [9.17, 15) is 9.59 Å². The fourth-order valence-electron chi connectivity index (χ4n) is 4.92. The second-order valence-electron chi connectivity index (χ2n) is 7.83. The fraction of sp³-hybridized carbons (Fsp3) is 0.778. The van der Waals surface area contributed by atoms with Crippen molar-refractivity contribution in [2.75, 3.05) is 39.3 Å². The molecule has 3 fully saturated rings. The molecule has 0 aromatic heterocycles. The summed E-state index contributed by atoms with van der Waals surface area (Å²) in [5, 5.41) is 3.00. The lowest BCUT2D eigenvalue weighted by Crippen LogP contribution is -2.45. The summed E-state index contributed by atoms with van der Waals surface area (Å²) < 4.78 is 5.17. The molecular formula is C18H27N3O3. The summed E-state index contributed by atoms with van der Waals surface area (Å²) in [5.74, 6) is 1.13. The van der Waals surface area contributed by atoms with Crippen molar-refractivity contribution in [2.45, 2.75) is 32.6 Å². The van der Waals surface area contributed by atoms with E-state index in [4.69, 9.17) is 4.74 Å². The van der Waals surface area contributed by atoms with Crippen LogP contribution in [0.5, 0.6) is 0 Å². The summed E-state index contributed by atoms with van der Waals surface area (Å²) in [4.78, 5) is 28.0. The third-order valence-corrected chi connectivity index (χ3v) is 6.22. The Hall–Kier alpha value is -1.72. The van der Waals surface area contributed by atoms with Crippen molar-refractivity contribution in [2.24, 2.45) is 17.3 Å². The van der Waals surface area contributed by atoms with Gasteiger partial charge >= 0.3 is 6.09 Å². The maximum absolute atomic E-state index is 12.0. The van der Waals surface area contributed by atoms with E-state index in [1.807, 2.05) is 11.8 Å². The molecule has 1 aliphatic carbocycles. The molecule has 0 aromatic carbocycles. The van der Waals surface area contributed by atoms with Crippen LogP contribution >= 0.6 is 0 Å². The second kappa shape index (κ2) is 5.97. The summed E-state index contributed by atoms with van der Waals surface area (Å²) in [5.41, 5.74) is 1.62. The van der Waals surface area contributed by atoms with Gasteiger partial charge in [-0.05, 0) is 37.5 Å². The Labute approximate surface area is 143 Å². The van der Waals surface area contributed by atoms with Gasteiger partial charge in [0.05, 0.1) is 6.61 Å². The first-order chi connectivity index (χ1) is 11.6. The van der Waals surface area contributed by atoms with Crippen LogP contribution in [0.15, 0.2) is 11.8 Å². The third kappa shape index (κ3) is 2.76. The molecule has 1 spiro atoms. The number of hydrogen-bond acceptors (Lipinski definition) is 4. The van der Waals surface area contributed by atoms with Crippen LogP contribution in [-0.2, 0) is 9.53 Å². The highest BCUT2D eigenvalue weighted by Crippen LogP contribution is 2.43. The highest BCUT2D eigenvalue weighted by Gasteiger charge is 2.44. The standard InChI is InChI=1S/C18H27N3O3/c1-2-24-17(23)21-10-13-7-14(11-21)15(8-13)20-5-3-18(4-6-20)9-16(22)19-12-18/h8,13-14H,2-7,9-12H2,1H3,(H,19,22). The summed E-state index contributed by atoms with van der Waals surface area (Å²) in [6.07, 6.45) is 6.24. The Bertz CT molecular complexity index is 566. The van der Waals surface area contributed by atoms with E-state index in [-0.39, 0.29) is 17.4 Å². The number of ether oxygens (including phenoxy) is 1. The first-order valence-electron chi connectivity index (χ1n) is 9.24. The minimum Gasteiger partial charge on any atom is -0.450 e. The lowest BCUT2D eigenvalue weighted by atomic mass is 9.77. The van der Waals surface area contributed by atoms with E-state index in [0.717, 1.165) is 52.0 Å². The SMILES string of the molecule is CCOC(=O)N1CC2C=C(N3CCC4(CC3)CNC(=O)C4)C(C2)C1. The molecule has 24 heavy (non-hydrogen) atoms. The molecule has 3 heterocycles. The van der Waals surface area contributed by atoms with Crippen molar-refractivity contribution in [1.29, 1.82) is 0 Å². The second-order valence-corrected chi connectivity index (χ2v) is 7.83. The monoisotopic (exact) mass is 333 g/mol. The molecular weight excluding hydrogens is 306 g/mol. The minimum absolute atomic E-state index is 0.171. The Balaban J connectivity index is 1.38. The van der Waals surface area contributed by atoms with Crippen molar-refractivity contribution >= 4 is 12.0 Å². The van der Waals surface area contributed by atoms with Crippen LogP contribution in [0.25, 0.3) is 0 Å². The van der Waals surface area contributed by atoms with E-state index in [2.05, 4.69) is 16.3 Å². The Morgan fingerprint density at radius 3 is 2.83 bits per heavy atom. The van der Waals surface area contributed by atoms with Crippen molar-refractivity contribution in [1.82, 2.24) is 15.1 Å². The van der Waals surface area contributed by atoms with Gasteiger partial charge in [0.1, 0.15) is 0 Å². The van der Waals surface area contributed by atoms with Crippen molar-refractivity contribution in [3.8, 4) is 0 Å². The first kappa shape index (κ1) is 15.8. The predicted molar refractivity (Wildman–Crippen MR) is 89.1 cm³/mol. The number of nitrogens with zero attached hydrogens (tertiary/aromatic N) is 2. The number of nitrogens with one attached hydrogen (secondary N) is 1. The van der Waals surface area contributed by atoms with Crippen LogP contribution in [0, 0.1) is 17.3 Å². The zero-order chi connectivity index (χ0) is 16.7. The van der Waals surface area contributed by atoms with Gasteiger partial charge in [-0.2, -0.15) is 0 Å². The largest absolute Gasteiger partial charge is 0.450 e. The van der Waals surface area contributed by atoms with E-state index in [1.165, 1.54) is 5.70 Å². The molecule has 0 saturated carbocycles. The average molecular weight is 333 g/mol. The molecule has 2 unspecified atom stereocenters. The highest BCUT2D eigenvalue weighted by atomic mass is 16.6. The lowest BCUT2D eigenvalue weighted by molar-refractivity contribution is -0.119. The normalized spacial score (nSPS) is 31.2. The van der Waals surface area contributed by atoms with Gasteiger partial charge < -0.3 is 19.9 Å². The number of carbonyl (C=O) groups excluding carboxylic acids is 2. The number of rotatable bonds is 2. The lowest BCUT2D eigenvalue weighted by Gasteiger charge is -2.42. The van der Waals surface area contributed by atoms with Gasteiger partial charge in [0.15, 0.2) is 0 Å². The van der Waals surface area contributed by atoms with Crippen LogP contribution in [0.3, 0.4) is 0 Å². The average Bonchev–Trinajstić information content (AvgIpc) is 3.08. The molecule has 1 N–H and O–H groups in total. The zero-order valence-corrected chi connectivity index (χ0v) is 14.4. The van der Waals surface area contributed by atoms with Crippen LogP contribution < -0.4 is 5.32 Å². The Morgan fingerprint density at radius 1 is 1.38 bits per heavy atom.